The lowest BCUT2D eigenvalue weighted by Gasteiger charge is -2.15. The Bertz CT molecular complexity index is 1020. The van der Waals surface area contributed by atoms with Gasteiger partial charge in [-0.2, -0.15) is 18.3 Å². The molecule has 28 heavy (non-hydrogen) atoms. The molecule has 1 N–H and O–H groups in total. The summed E-state index contributed by atoms with van der Waals surface area (Å²) in [6.07, 6.45) is 0.341. The molecule has 0 bridgehead atoms. The van der Waals surface area contributed by atoms with Crippen molar-refractivity contribution in [1.82, 2.24) is 19.7 Å². The van der Waals surface area contributed by atoms with Crippen molar-refractivity contribution in [3.8, 4) is 5.88 Å². The largest absolute Gasteiger partial charge is 0.468 e. The number of pyridine rings is 2. The van der Waals surface area contributed by atoms with Gasteiger partial charge in [-0.25, -0.2) is 9.97 Å². The topological polar surface area (TPSA) is 81.9 Å². The Morgan fingerprint density at radius 1 is 1.36 bits per heavy atom. The van der Waals surface area contributed by atoms with Crippen molar-refractivity contribution in [1.29, 1.82) is 0 Å². The lowest BCUT2D eigenvalue weighted by atomic mass is 10.1. The van der Waals surface area contributed by atoms with E-state index >= 15 is 0 Å². The summed E-state index contributed by atoms with van der Waals surface area (Å²) in [5.74, 6) is 0.111. The van der Waals surface area contributed by atoms with Gasteiger partial charge in [0.2, 0.25) is 11.8 Å². The van der Waals surface area contributed by atoms with Gasteiger partial charge in [0, 0.05) is 31.1 Å². The van der Waals surface area contributed by atoms with E-state index in [2.05, 4.69) is 20.4 Å². The number of fused-ring (bicyclic) bond motifs is 1. The molecule has 0 spiro atoms. The molecule has 3 aromatic heterocycles. The Morgan fingerprint density at radius 2 is 2.11 bits per heavy atom. The minimum atomic E-state index is -4.42. The van der Waals surface area contributed by atoms with Crippen molar-refractivity contribution >= 4 is 22.6 Å². The maximum Gasteiger partial charge on any atom is 0.422 e. The molecular weight excluding hydrogens is 375 g/mol. The van der Waals surface area contributed by atoms with Gasteiger partial charge in [-0.1, -0.05) is 0 Å². The number of alkyl halides is 3. The van der Waals surface area contributed by atoms with Crippen molar-refractivity contribution in [2.75, 3.05) is 11.9 Å². The van der Waals surface area contributed by atoms with Crippen LogP contribution in [0.25, 0.3) is 10.9 Å². The molecule has 3 aromatic rings. The van der Waals surface area contributed by atoms with E-state index in [1.165, 1.54) is 13.1 Å². The number of aromatic nitrogens is 4. The van der Waals surface area contributed by atoms with Crippen LogP contribution >= 0.6 is 0 Å². The van der Waals surface area contributed by atoms with Crippen LogP contribution in [0.5, 0.6) is 5.88 Å². The highest BCUT2D eigenvalue weighted by Gasteiger charge is 2.29. The summed E-state index contributed by atoms with van der Waals surface area (Å²) < 4.78 is 43.4. The van der Waals surface area contributed by atoms with E-state index in [1.807, 2.05) is 6.92 Å². The minimum Gasteiger partial charge on any atom is -0.468 e. The predicted octanol–water partition coefficient (Wildman–Crippen LogP) is 3.64. The molecule has 0 aliphatic carbocycles. The summed E-state index contributed by atoms with van der Waals surface area (Å²) >= 11 is 0. The highest BCUT2D eigenvalue weighted by molar-refractivity contribution is 5.98. The SMILES string of the molecule is CC(=O)Nc1nccc2nn(C(C)c3cnc(OCC(F)(F)F)c(C)c3)cc12. The van der Waals surface area contributed by atoms with Gasteiger partial charge in [0.15, 0.2) is 6.61 Å². The number of nitrogens with zero attached hydrogens (tertiary/aromatic N) is 4. The molecular formula is C18H18F3N5O2. The van der Waals surface area contributed by atoms with E-state index < -0.39 is 12.8 Å². The maximum atomic E-state index is 12.3. The second-order valence-corrected chi connectivity index (χ2v) is 6.35. The summed E-state index contributed by atoms with van der Waals surface area (Å²) in [6, 6.07) is 3.19. The molecule has 0 radical (unpaired) electrons. The van der Waals surface area contributed by atoms with Gasteiger partial charge in [-0.05, 0) is 31.5 Å². The first-order valence-electron chi connectivity index (χ1n) is 8.41. The molecule has 0 aliphatic rings. The molecule has 0 aromatic carbocycles. The van der Waals surface area contributed by atoms with Gasteiger partial charge in [0.25, 0.3) is 0 Å². The molecule has 148 valence electrons. The van der Waals surface area contributed by atoms with E-state index in [1.54, 1.807) is 36.1 Å². The molecule has 1 atom stereocenters. The van der Waals surface area contributed by atoms with E-state index in [4.69, 9.17) is 4.74 Å². The number of nitrogens with one attached hydrogen (secondary N) is 1. The third-order valence-electron chi connectivity index (χ3n) is 4.05. The number of anilines is 1. The fourth-order valence-electron chi connectivity index (χ4n) is 2.69. The average molecular weight is 393 g/mol. The van der Waals surface area contributed by atoms with Crippen molar-refractivity contribution in [3.05, 3.63) is 41.9 Å². The van der Waals surface area contributed by atoms with Crippen LogP contribution < -0.4 is 10.1 Å². The van der Waals surface area contributed by atoms with Gasteiger partial charge in [-0.15, -0.1) is 0 Å². The molecule has 10 heteroatoms. The van der Waals surface area contributed by atoms with Crippen LogP contribution in [0.2, 0.25) is 0 Å². The number of hydrogen-bond acceptors (Lipinski definition) is 5. The van der Waals surface area contributed by atoms with Gasteiger partial charge in [-0.3, -0.25) is 9.48 Å². The summed E-state index contributed by atoms with van der Waals surface area (Å²) in [5, 5.41) is 7.83. The molecule has 0 saturated carbocycles. The Morgan fingerprint density at radius 3 is 2.75 bits per heavy atom. The Hall–Kier alpha value is -3.17. The highest BCUT2D eigenvalue weighted by Crippen LogP contribution is 2.27. The number of aryl methyl sites for hydroxylation is 1. The third-order valence-corrected chi connectivity index (χ3v) is 4.05. The van der Waals surface area contributed by atoms with Crippen LogP contribution in [-0.4, -0.2) is 38.4 Å². The van der Waals surface area contributed by atoms with Crippen LogP contribution in [0.15, 0.2) is 30.7 Å². The van der Waals surface area contributed by atoms with E-state index in [0.717, 1.165) is 5.56 Å². The number of halogens is 3. The zero-order valence-corrected chi connectivity index (χ0v) is 15.4. The quantitative estimate of drug-likeness (QED) is 0.716. The molecule has 0 fully saturated rings. The Kier molecular flexibility index (Phi) is 5.21. The van der Waals surface area contributed by atoms with Crippen molar-refractivity contribution in [2.24, 2.45) is 0 Å². The zero-order valence-electron chi connectivity index (χ0n) is 15.4. The van der Waals surface area contributed by atoms with Gasteiger partial charge in [0.05, 0.1) is 16.9 Å². The van der Waals surface area contributed by atoms with Crippen LogP contribution in [0.1, 0.15) is 31.0 Å². The molecule has 0 aliphatic heterocycles. The number of ether oxygens (including phenoxy) is 1. The molecule has 1 unspecified atom stereocenters. The number of carbonyl (C=O) groups excluding carboxylic acids is 1. The van der Waals surface area contributed by atoms with Crippen LogP contribution in [0.4, 0.5) is 19.0 Å². The zero-order chi connectivity index (χ0) is 20.5. The first-order chi connectivity index (χ1) is 13.1. The molecule has 0 saturated heterocycles. The highest BCUT2D eigenvalue weighted by atomic mass is 19.4. The number of rotatable bonds is 5. The summed E-state index contributed by atoms with van der Waals surface area (Å²) in [7, 11) is 0. The Balaban J connectivity index is 1.86. The normalized spacial score (nSPS) is 12.8. The molecule has 3 heterocycles. The first kappa shape index (κ1) is 19.6. The summed E-state index contributed by atoms with van der Waals surface area (Å²) in [4.78, 5) is 19.5. The molecule has 3 rings (SSSR count). The summed E-state index contributed by atoms with van der Waals surface area (Å²) in [6.45, 7) is 3.51. The summed E-state index contributed by atoms with van der Waals surface area (Å²) in [5.41, 5.74) is 1.89. The lowest BCUT2D eigenvalue weighted by Crippen LogP contribution is -2.20. The average Bonchev–Trinajstić information content (AvgIpc) is 3.04. The number of carbonyl (C=O) groups is 1. The van der Waals surface area contributed by atoms with Crippen LogP contribution in [0.3, 0.4) is 0 Å². The third kappa shape index (κ3) is 4.38. The van der Waals surface area contributed by atoms with E-state index in [0.29, 0.717) is 22.3 Å². The van der Waals surface area contributed by atoms with E-state index in [-0.39, 0.29) is 17.8 Å². The smallest absolute Gasteiger partial charge is 0.422 e. The fraction of sp³-hybridized carbons (Fsp3) is 0.333. The first-order valence-corrected chi connectivity index (χ1v) is 8.41. The lowest BCUT2D eigenvalue weighted by molar-refractivity contribution is -0.154. The van der Waals surface area contributed by atoms with Crippen molar-refractivity contribution in [2.45, 2.75) is 33.0 Å². The predicted molar refractivity (Wildman–Crippen MR) is 96.2 cm³/mol. The number of amides is 1. The number of hydrogen-bond donors (Lipinski definition) is 1. The minimum absolute atomic E-state index is 0.0592. The van der Waals surface area contributed by atoms with Crippen molar-refractivity contribution < 1.29 is 22.7 Å². The fourth-order valence-corrected chi connectivity index (χ4v) is 2.69. The Labute approximate surface area is 158 Å². The van der Waals surface area contributed by atoms with Gasteiger partial charge < -0.3 is 10.1 Å². The monoisotopic (exact) mass is 393 g/mol. The van der Waals surface area contributed by atoms with Crippen LogP contribution in [0, 0.1) is 6.92 Å². The van der Waals surface area contributed by atoms with Gasteiger partial charge >= 0.3 is 6.18 Å². The standard InChI is InChI=1S/C18H18F3N5O2/c1-10-6-13(7-23-17(10)28-9-18(19,20)21)11(2)26-8-14-15(25-26)4-5-22-16(14)24-12(3)27/h4-8,11H,9H2,1-3H3,(H,22,24,27). The van der Waals surface area contributed by atoms with Crippen LogP contribution in [-0.2, 0) is 4.79 Å². The second-order valence-electron chi connectivity index (χ2n) is 6.35. The van der Waals surface area contributed by atoms with Gasteiger partial charge in [0.1, 0.15) is 5.82 Å². The second kappa shape index (κ2) is 7.45. The van der Waals surface area contributed by atoms with Crippen molar-refractivity contribution in [3.63, 3.8) is 0 Å². The molecule has 1 amide bonds. The van der Waals surface area contributed by atoms with E-state index in [9.17, 15) is 18.0 Å². The molecule has 7 nitrogen and oxygen atoms in total. The maximum absolute atomic E-state index is 12.3.